The number of benzene rings is 2. The van der Waals surface area contributed by atoms with Gasteiger partial charge in [-0.05, 0) is 28.7 Å². The molecular weight excluding hydrogens is 187 g/mol. The van der Waals surface area contributed by atoms with Crippen LogP contribution in [0.2, 0.25) is 0 Å². The van der Waals surface area contributed by atoms with E-state index in [0.717, 1.165) is 16.4 Å². The van der Waals surface area contributed by atoms with E-state index in [2.05, 4.69) is 12.1 Å². The molecular formula is C12H13BO2. The molecule has 0 aromatic heterocycles. The number of fused-ring (bicyclic) bond motifs is 1. The highest BCUT2D eigenvalue weighted by Crippen LogP contribution is 2.16. The van der Waals surface area contributed by atoms with Crippen molar-refractivity contribution in [3.8, 4) is 0 Å². The quantitative estimate of drug-likeness (QED) is 0.744. The Kier molecular flexibility index (Phi) is 2.76. The van der Waals surface area contributed by atoms with Crippen molar-refractivity contribution in [2.75, 3.05) is 7.11 Å². The molecule has 2 rings (SSSR count). The van der Waals surface area contributed by atoms with Gasteiger partial charge in [-0.3, -0.25) is 0 Å². The molecule has 76 valence electrons. The van der Waals surface area contributed by atoms with Crippen LogP contribution in [0, 0.1) is 6.92 Å². The fraction of sp³-hybridized carbons (Fsp3) is 0.167. The van der Waals surface area contributed by atoms with Gasteiger partial charge in [-0.15, -0.1) is 0 Å². The molecule has 0 aliphatic heterocycles. The van der Waals surface area contributed by atoms with Gasteiger partial charge in [-0.25, -0.2) is 0 Å². The summed E-state index contributed by atoms with van der Waals surface area (Å²) in [5, 5.41) is 12.0. The Morgan fingerprint density at radius 3 is 2.60 bits per heavy atom. The van der Waals surface area contributed by atoms with E-state index in [1.54, 1.807) is 0 Å². The minimum atomic E-state index is -0.838. The van der Waals surface area contributed by atoms with Crippen LogP contribution in [0.3, 0.4) is 0 Å². The summed E-state index contributed by atoms with van der Waals surface area (Å²) in [5.41, 5.74) is 1.90. The van der Waals surface area contributed by atoms with Crippen LogP contribution in [0.4, 0.5) is 0 Å². The van der Waals surface area contributed by atoms with Gasteiger partial charge < -0.3 is 9.68 Å². The van der Waals surface area contributed by atoms with Crippen molar-refractivity contribution >= 4 is 23.4 Å². The van der Waals surface area contributed by atoms with E-state index in [4.69, 9.17) is 4.65 Å². The topological polar surface area (TPSA) is 29.5 Å². The van der Waals surface area contributed by atoms with Crippen LogP contribution in [0.5, 0.6) is 0 Å². The van der Waals surface area contributed by atoms with E-state index in [1.165, 1.54) is 12.5 Å². The second-order valence-electron chi connectivity index (χ2n) is 3.59. The Bertz CT molecular complexity index is 482. The van der Waals surface area contributed by atoms with Gasteiger partial charge in [0.2, 0.25) is 0 Å². The summed E-state index contributed by atoms with van der Waals surface area (Å²) < 4.78 is 4.92. The maximum atomic E-state index is 9.65. The van der Waals surface area contributed by atoms with Crippen molar-refractivity contribution in [2.45, 2.75) is 6.92 Å². The fourth-order valence-electron chi connectivity index (χ4n) is 1.84. The average Bonchev–Trinajstić information content (AvgIpc) is 2.29. The van der Waals surface area contributed by atoms with Crippen molar-refractivity contribution in [3.05, 3.63) is 42.0 Å². The summed E-state index contributed by atoms with van der Waals surface area (Å²) in [7, 11) is 0.661. The zero-order chi connectivity index (χ0) is 10.8. The third kappa shape index (κ3) is 1.76. The van der Waals surface area contributed by atoms with E-state index in [0.29, 0.717) is 0 Å². The average molecular weight is 200 g/mol. The van der Waals surface area contributed by atoms with Crippen molar-refractivity contribution in [1.82, 2.24) is 0 Å². The molecule has 0 atom stereocenters. The van der Waals surface area contributed by atoms with E-state index in [9.17, 15) is 5.02 Å². The number of hydrogen-bond donors (Lipinski definition) is 1. The number of rotatable bonds is 2. The molecule has 3 heteroatoms. The molecule has 0 aliphatic rings. The van der Waals surface area contributed by atoms with E-state index in [-0.39, 0.29) is 0 Å². The highest BCUT2D eigenvalue weighted by molar-refractivity contribution is 6.60. The molecule has 2 aromatic rings. The zero-order valence-corrected chi connectivity index (χ0v) is 8.90. The minimum Gasteiger partial charge on any atom is -0.423 e. The predicted molar refractivity (Wildman–Crippen MR) is 63.3 cm³/mol. The molecule has 15 heavy (non-hydrogen) atoms. The predicted octanol–water partition coefficient (Wildman–Crippen LogP) is 1.48. The summed E-state index contributed by atoms with van der Waals surface area (Å²) in [4.78, 5) is 0. The van der Waals surface area contributed by atoms with Crippen LogP contribution in [0.25, 0.3) is 10.8 Å². The summed E-state index contributed by atoms with van der Waals surface area (Å²) in [6, 6.07) is 12.0. The minimum absolute atomic E-state index is 0.830. The summed E-state index contributed by atoms with van der Waals surface area (Å²) in [5.74, 6) is 0. The lowest BCUT2D eigenvalue weighted by molar-refractivity contribution is 0.341. The third-order valence-corrected chi connectivity index (χ3v) is 2.73. The highest BCUT2D eigenvalue weighted by atomic mass is 16.5. The smallest absolute Gasteiger partial charge is 0.423 e. The summed E-state index contributed by atoms with van der Waals surface area (Å²) in [6.45, 7) is 2.00. The Hall–Kier alpha value is -1.32. The third-order valence-electron chi connectivity index (χ3n) is 2.73. The standard InChI is InChI=1S/C12H13BO2/c1-9-11-6-4-3-5-10(11)7-8-12(9)13(14)15-2/h3-8,14H,1-2H3. The van der Waals surface area contributed by atoms with Crippen molar-refractivity contribution in [3.63, 3.8) is 0 Å². The van der Waals surface area contributed by atoms with Gasteiger partial charge in [-0.1, -0.05) is 36.4 Å². The van der Waals surface area contributed by atoms with Gasteiger partial charge in [0.1, 0.15) is 0 Å². The molecule has 0 radical (unpaired) electrons. The van der Waals surface area contributed by atoms with Crippen LogP contribution >= 0.6 is 0 Å². The molecule has 0 aliphatic carbocycles. The first-order valence-corrected chi connectivity index (χ1v) is 4.93. The lowest BCUT2D eigenvalue weighted by Crippen LogP contribution is -2.34. The monoisotopic (exact) mass is 200 g/mol. The molecule has 0 saturated heterocycles. The van der Waals surface area contributed by atoms with E-state index < -0.39 is 7.12 Å². The largest absolute Gasteiger partial charge is 0.491 e. The summed E-state index contributed by atoms with van der Waals surface area (Å²) in [6.07, 6.45) is 0. The highest BCUT2D eigenvalue weighted by Gasteiger charge is 2.17. The molecule has 2 nitrogen and oxygen atoms in total. The maximum Gasteiger partial charge on any atom is 0.491 e. The molecule has 0 bridgehead atoms. The first kappa shape index (κ1) is 10.2. The maximum absolute atomic E-state index is 9.65. The van der Waals surface area contributed by atoms with Gasteiger partial charge in [0, 0.05) is 7.11 Å². The second-order valence-corrected chi connectivity index (χ2v) is 3.59. The summed E-state index contributed by atoms with van der Waals surface area (Å²) >= 11 is 0. The first-order valence-electron chi connectivity index (χ1n) is 4.93. The lowest BCUT2D eigenvalue weighted by Gasteiger charge is -2.10. The van der Waals surface area contributed by atoms with Gasteiger partial charge in [0.05, 0.1) is 0 Å². The van der Waals surface area contributed by atoms with Crippen LogP contribution < -0.4 is 5.46 Å². The lowest BCUT2D eigenvalue weighted by atomic mass is 9.75. The van der Waals surface area contributed by atoms with Crippen molar-refractivity contribution < 1.29 is 9.68 Å². The van der Waals surface area contributed by atoms with Crippen LogP contribution in [0.1, 0.15) is 5.56 Å². The SMILES string of the molecule is COB(O)c1ccc2ccccc2c1C. The zero-order valence-electron chi connectivity index (χ0n) is 8.90. The Morgan fingerprint density at radius 2 is 1.87 bits per heavy atom. The molecule has 0 unspecified atom stereocenters. The molecule has 1 N–H and O–H groups in total. The Balaban J connectivity index is 2.65. The molecule has 0 amide bonds. The first-order chi connectivity index (χ1) is 7.24. The van der Waals surface area contributed by atoms with Gasteiger partial charge >= 0.3 is 7.12 Å². The molecule has 0 heterocycles. The molecule has 2 aromatic carbocycles. The molecule has 0 spiro atoms. The van der Waals surface area contributed by atoms with Crippen molar-refractivity contribution in [1.29, 1.82) is 0 Å². The van der Waals surface area contributed by atoms with E-state index in [1.807, 2.05) is 31.2 Å². The number of hydrogen-bond acceptors (Lipinski definition) is 2. The Morgan fingerprint density at radius 1 is 1.13 bits per heavy atom. The van der Waals surface area contributed by atoms with Gasteiger partial charge in [0.25, 0.3) is 0 Å². The van der Waals surface area contributed by atoms with Gasteiger partial charge in [-0.2, -0.15) is 0 Å². The Labute approximate surface area is 89.6 Å². The van der Waals surface area contributed by atoms with Crippen LogP contribution in [0.15, 0.2) is 36.4 Å². The number of aryl methyl sites for hydroxylation is 1. The van der Waals surface area contributed by atoms with Gasteiger partial charge in [0.15, 0.2) is 0 Å². The van der Waals surface area contributed by atoms with Crippen molar-refractivity contribution in [2.24, 2.45) is 0 Å². The molecule has 0 fully saturated rings. The van der Waals surface area contributed by atoms with E-state index >= 15 is 0 Å². The normalized spacial score (nSPS) is 10.6. The van der Waals surface area contributed by atoms with Crippen LogP contribution in [-0.4, -0.2) is 19.3 Å². The fourth-order valence-corrected chi connectivity index (χ4v) is 1.84. The molecule has 0 saturated carbocycles. The second kappa shape index (κ2) is 4.05. The van der Waals surface area contributed by atoms with Crippen LogP contribution in [-0.2, 0) is 4.65 Å².